The van der Waals surface area contributed by atoms with Crippen molar-refractivity contribution in [2.45, 2.75) is 78.3 Å². The Morgan fingerprint density at radius 2 is 1.12 bits per heavy atom. The Kier molecular flexibility index (Phi) is 27.9. The first kappa shape index (κ1) is 86.5. The van der Waals surface area contributed by atoms with Gasteiger partial charge in [0.25, 0.3) is 0 Å². The van der Waals surface area contributed by atoms with E-state index < -0.39 is 11.2 Å². The molecule has 115 heavy (non-hydrogen) atoms. The van der Waals surface area contributed by atoms with E-state index in [2.05, 4.69) is 46.7 Å². The number of nitrogens with one attached hydrogen (secondary N) is 2. The molecule has 2 unspecified atom stereocenters. The summed E-state index contributed by atoms with van der Waals surface area (Å²) in [5.74, 6) is 2.91. The predicted octanol–water partition coefficient (Wildman–Crippen LogP) is 16.7. The summed E-state index contributed by atoms with van der Waals surface area (Å²) in [6.07, 6.45) is 8.76. The van der Waals surface area contributed by atoms with Gasteiger partial charge in [0.15, 0.2) is 10.9 Å². The molecule has 5 saturated carbocycles. The van der Waals surface area contributed by atoms with Gasteiger partial charge in [-0.15, -0.1) is 21.8 Å². The number of benzene rings is 6. The first-order valence-corrected chi connectivity index (χ1v) is 40.0. The fourth-order valence-corrected chi connectivity index (χ4v) is 18.4. The Morgan fingerprint density at radius 1 is 0.617 bits per heavy atom. The number of nitrogens with two attached hydrogens (primary N) is 1. The normalized spacial score (nSPS) is 25.1. The van der Waals surface area contributed by atoms with Gasteiger partial charge >= 0.3 is 0 Å². The molecule has 9 aromatic rings. The lowest BCUT2D eigenvalue weighted by Gasteiger charge is -2.24. The number of aromatic nitrogens is 5. The van der Waals surface area contributed by atoms with Crippen LogP contribution in [0.15, 0.2) is 146 Å². The Morgan fingerprint density at radius 3 is 1.54 bits per heavy atom. The van der Waals surface area contributed by atoms with Crippen LogP contribution in [0, 0.1) is 87.2 Å². The molecule has 0 bridgehead atoms. The van der Waals surface area contributed by atoms with Crippen molar-refractivity contribution in [1.82, 2.24) is 34.9 Å². The van der Waals surface area contributed by atoms with E-state index in [1.165, 1.54) is 91.3 Å². The first-order valence-electron chi connectivity index (χ1n) is 36.8. The zero-order valence-electron chi connectivity index (χ0n) is 62.5. The fourth-order valence-electron chi connectivity index (χ4n) is 16.0. The number of hydrogen-bond donors (Lipinski definition) is 5. The minimum atomic E-state index is -0.709. The standard InChI is InChI=1S/C21H21ClFN5O2.C18H17ClFN3OS.C11H13ClFNO.C11H9ClFNO.C11H11ClFN.C8H5ClFN.C3H5ClO/c1-29-11-18-25-26-20(28(18)15-4-6-19(30-2)24-9-15)27-10-13-8-21(13,12-27)16-5-3-14(23)7-17(16)22;1-24-16-5-3-13(8-21-16)22-17(25)23-9-11-7-18(11,10-23)14-4-2-12(20)6-15(14)19;2*12-10-3-8(13)1-2-9(10)11(6-14)4-7(11)5-15;12-10-3-8(13)1-2-9(10)11-4-7(11)5-14-6-11;9-8-5-7(10)2-1-6(8)3-4-11;4-1-3-2-5-3/h3-7,9,13H,8,10-12H2,1-2H3;2-6,8,11H,7,9-10H2,1H3,(H,22,25);1-3,7,15H,4-6,14H2;1-3,7,15H,4-5H2;1-3,7,14H,4-6H2;1-2,5H,3H2;3H,1-2H2/t13-,21-;11-,18-;2*7?,11-;7-,11-;;3-/m11111.1/s1. The molecule has 0 spiro atoms. The number of thiocarbonyl (C=S) groups is 1. The van der Waals surface area contributed by atoms with Crippen molar-refractivity contribution in [3.63, 3.8) is 0 Å². The summed E-state index contributed by atoms with van der Waals surface area (Å²) in [6.45, 7) is 7.02. The van der Waals surface area contributed by atoms with Gasteiger partial charge in [0.1, 0.15) is 41.5 Å². The summed E-state index contributed by atoms with van der Waals surface area (Å²) in [4.78, 5) is 12.8. The molecular formula is C83H81Cl7F6N12O6S. The molecule has 5 aliphatic carbocycles. The van der Waals surface area contributed by atoms with Crippen LogP contribution >= 0.6 is 93.4 Å². The number of epoxide rings is 1. The highest BCUT2D eigenvalue weighted by Crippen LogP contribution is 2.63. The van der Waals surface area contributed by atoms with Crippen LogP contribution < -0.4 is 30.7 Å². The second-order valence-corrected chi connectivity index (χ2v) is 32.9. The molecule has 9 aliphatic rings. The highest BCUT2D eigenvalue weighted by molar-refractivity contribution is 7.80. The number of halogens is 13. The van der Waals surface area contributed by atoms with Gasteiger partial charge in [0.2, 0.25) is 17.7 Å². The number of methoxy groups -OCH3 is 3. The summed E-state index contributed by atoms with van der Waals surface area (Å²) in [5, 5.41) is 54.1. The number of nitriles is 2. The van der Waals surface area contributed by atoms with Gasteiger partial charge in [-0.1, -0.05) is 106 Å². The molecule has 18 nitrogen and oxygen atoms in total. The van der Waals surface area contributed by atoms with Crippen molar-refractivity contribution in [2.75, 3.05) is 103 Å². The number of rotatable bonds is 17. The molecule has 18 rings (SSSR count). The number of aliphatic hydroxyl groups excluding tert-OH is 2. The number of pyridine rings is 2. The Balaban J connectivity index is 0.000000130. The second kappa shape index (κ2) is 37.0. The number of nitrogens with zero attached hydrogens (tertiary/aromatic N) is 9. The molecular weight excluding hydrogens is 1660 g/mol. The number of piperidine rings is 3. The van der Waals surface area contributed by atoms with E-state index in [1.807, 2.05) is 41.0 Å². The van der Waals surface area contributed by atoms with Gasteiger partial charge in [-0.3, -0.25) is 4.57 Å². The molecule has 11 atom stereocenters. The minimum absolute atomic E-state index is 0.00528. The van der Waals surface area contributed by atoms with E-state index in [9.17, 15) is 26.3 Å². The number of fused-ring (bicyclic) bond motifs is 3. The largest absolute Gasteiger partial charge is 0.481 e. The van der Waals surface area contributed by atoms with E-state index in [-0.39, 0.29) is 87.2 Å². The van der Waals surface area contributed by atoms with Crippen molar-refractivity contribution in [3.05, 3.63) is 250 Å². The molecule has 4 saturated heterocycles. The number of hydrogen-bond acceptors (Lipinski definition) is 16. The van der Waals surface area contributed by atoms with E-state index in [0.717, 1.165) is 105 Å². The second-order valence-electron chi connectivity index (χ2n) is 29.7. The van der Waals surface area contributed by atoms with Crippen LogP contribution in [0.3, 0.4) is 0 Å². The van der Waals surface area contributed by atoms with Crippen LogP contribution in [0.4, 0.5) is 38.0 Å². The topological polar surface area (TPSA) is 241 Å². The molecule has 9 fully saturated rings. The fraction of sp³-hybridized carbons (Fsp3) is 0.386. The Hall–Kier alpha value is -7.80. The molecule has 0 radical (unpaired) electrons. The summed E-state index contributed by atoms with van der Waals surface area (Å²) in [5.41, 5.74) is 11.9. The van der Waals surface area contributed by atoms with E-state index >= 15 is 0 Å². The number of anilines is 2. The lowest BCUT2D eigenvalue weighted by molar-refractivity contribution is 0.176. The number of alkyl halides is 1. The lowest BCUT2D eigenvalue weighted by Crippen LogP contribution is -2.36. The quantitative estimate of drug-likeness (QED) is 0.0246. The van der Waals surface area contributed by atoms with Crippen LogP contribution in [0.25, 0.3) is 5.69 Å². The molecule has 32 heteroatoms. The van der Waals surface area contributed by atoms with E-state index in [1.54, 1.807) is 51.9 Å². The van der Waals surface area contributed by atoms with Crippen molar-refractivity contribution in [3.8, 4) is 29.6 Å². The molecule has 4 aliphatic heterocycles. The highest BCUT2D eigenvalue weighted by Gasteiger charge is 2.64. The van der Waals surface area contributed by atoms with Crippen molar-refractivity contribution in [2.24, 2.45) is 35.3 Å². The summed E-state index contributed by atoms with van der Waals surface area (Å²) in [7, 11) is 4.79. The van der Waals surface area contributed by atoms with E-state index in [4.69, 9.17) is 139 Å². The summed E-state index contributed by atoms with van der Waals surface area (Å²) < 4.78 is 100. The number of aliphatic hydroxyl groups is 2. The maximum absolute atomic E-state index is 13.5. The van der Waals surface area contributed by atoms with Crippen molar-refractivity contribution in [1.29, 1.82) is 10.5 Å². The third kappa shape index (κ3) is 19.3. The first-order chi connectivity index (χ1) is 55.2. The van der Waals surface area contributed by atoms with Gasteiger partial charge in [-0.25, -0.2) is 36.3 Å². The smallest absolute Gasteiger partial charge is 0.232 e. The van der Waals surface area contributed by atoms with Crippen LogP contribution in [-0.4, -0.2) is 144 Å². The molecule has 6 aromatic carbocycles. The average Bonchev–Trinajstić information content (AvgIpc) is 1.53. The van der Waals surface area contributed by atoms with Gasteiger partial charge in [0.05, 0.1) is 80.6 Å². The minimum Gasteiger partial charge on any atom is -0.481 e. The number of likely N-dealkylation sites (tertiary alicyclic amines) is 1. The molecule has 6 N–H and O–H groups in total. The van der Waals surface area contributed by atoms with Crippen LogP contribution in [-0.2, 0) is 49.6 Å². The SMILES string of the molecule is COCc1nnc(N2C[C@H]3C[C@@]3(c3ccc(F)cc3Cl)C2)n1-c1ccc(OC)nc1.COc1ccc(NC(=S)N2C[C@H]3C[C@@]3(c3ccc(F)cc3Cl)C2)cn1.ClC[C@@H]1CO1.Fc1ccc([C@]23CNC[C@H]2C3)c(Cl)c1.N#CCc1ccc(F)cc1Cl.N#C[C@]1(c2ccc(F)cc2Cl)CC1CO.NC[C@]1(c2ccc(F)cc2Cl)CC1CO. The third-order valence-corrected chi connectivity index (χ3v) is 25.4. The maximum Gasteiger partial charge on any atom is 0.232 e. The van der Waals surface area contributed by atoms with Gasteiger partial charge in [0, 0.05) is 129 Å². The zero-order chi connectivity index (χ0) is 82.3. The molecule has 7 heterocycles. The molecule has 3 aromatic heterocycles. The van der Waals surface area contributed by atoms with Crippen LogP contribution in [0.1, 0.15) is 71.3 Å². The van der Waals surface area contributed by atoms with Crippen LogP contribution in [0.2, 0.25) is 30.1 Å². The van der Waals surface area contributed by atoms with Crippen LogP contribution in [0.5, 0.6) is 11.8 Å². The average molecular weight is 1740 g/mol. The van der Waals surface area contributed by atoms with Gasteiger partial charge in [-0.2, -0.15) is 10.5 Å². The zero-order valence-corrected chi connectivity index (χ0v) is 68.6. The number of ether oxygens (including phenoxy) is 4. The molecule has 606 valence electrons. The summed E-state index contributed by atoms with van der Waals surface area (Å²) in [6, 6.07) is 38.0. The van der Waals surface area contributed by atoms with Gasteiger partial charge in [-0.05, 0) is 193 Å². The van der Waals surface area contributed by atoms with Crippen molar-refractivity contribution >= 4 is 110 Å². The Bertz CT molecular complexity index is 5080. The van der Waals surface area contributed by atoms with E-state index in [0.29, 0.717) is 108 Å². The monoisotopic (exact) mass is 1730 g/mol. The third-order valence-electron chi connectivity index (χ3n) is 22.8. The predicted molar refractivity (Wildman–Crippen MR) is 436 cm³/mol. The van der Waals surface area contributed by atoms with Gasteiger partial charge < -0.3 is 55.3 Å². The lowest BCUT2D eigenvalue weighted by atomic mass is 9.93. The maximum atomic E-state index is 13.5. The van der Waals surface area contributed by atoms with Crippen molar-refractivity contribution < 1.29 is 55.5 Å². The Labute approximate surface area is 702 Å². The summed E-state index contributed by atoms with van der Waals surface area (Å²) >= 11 is 47.0. The molecule has 0 amide bonds. The highest BCUT2D eigenvalue weighted by atomic mass is 35.5.